The van der Waals surface area contributed by atoms with Crippen molar-refractivity contribution in [3.63, 3.8) is 0 Å². The number of ether oxygens (including phenoxy) is 1. The SMILES string of the molecule is CNc1nc(N2CC(CO)OC(C)(C)C2)c2cn[nH]c2n1. The highest BCUT2D eigenvalue weighted by molar-refractivity contribution is 5.87. The minimum absolute atomic E-state index is 0.0154. The van der Waals surface area contributed by atoms with Crippen molar-refractivity contribution in [2.45, 2.75) is 25.6 Å². The number of nitrogens with one attached hydrogen (secondary N) is 2. The molecular weight excluding hydrogens is 272 g/mol. The van der Waals surface area contributed by atoms with Crippen LogP contribution in [0.4, 0.5) is 11.8 Å². The highest BCUT2D eigenvalue weighted by Crippen LogP contribution is 2.29. The number of rotatable bonds is 3. The number of hydrogen-bond acceptors (Lipinski definition) is 7. The minimum atomic E-state index is -0.355. The lowest BCUT2D eigenvalue weighted by molar-refractivity contribution is -0.101. The first-order chi connectivity index (χ1) is 10.0. The van der Waals surface area contributed by atoms with Gasteiger partial charge in [-0.25, -0.2) is 0 Å². The number of anilines is 2. The summed E-state index contributed by atoms with van der Waals surface area (Å²) in [6, 6.07) is 0. The fourth-order valence-electron chi connectivity index (χ4n) is 2.72. The van der Waals surface area contributed by atoms with Crippen LogP contribution in [0.2, 0.25) is 0 Å². The second-order valence-corrected chi connectivity index (χ2v) is 5.82. The van der Waals surface area contributed by atoms with Gasteiger partial charge in [0.25, 0.3) is 0 Å². The molecule has 0 aliphatic carbocycles. The van der Waals surface area contributed by atoms with Gasteiger partial charge in [0.15, 0.2) is 5.65 Å². The predicted octanol–water partition coefficient (Wildman–Crippen LogP) is 0.371. The Hall–Kier alpha value is -1.93. The lowest BCUT2D eigenvalue weighted by atomic mass is 10.1. The molecule has 8 heteroatoms. The highest BCUT2D eigenvalue weighted by atomic mass is 16.5. The van der Waals surface area contributed by atoms with Gasteiger partial charge in [-0.1, -0.05) is 0 Å². The Kier molecular flexibility index (Phi) is 3.42. The smallest absolute Gasteiger partial charge is 0.226 e. The van der Waals surface area contributed by atoms with E-state index in [-0.39, 0.29) is 18.3 Å². The second-order valence-electron chi connectivity index (χ2n) is 5.82. The molecule has 0 saturated carbocycles. The van der Waals surface area contributed by atoms with Crippen LogP contribution < -0.4 is 10.2 Å². The standard InChI is InChI=1S/C13H20N6O2/c1-13(2)7-19(5-8(6-20)21-13)11-9-4-15-18-10(9)16-12(14-3)17-11/h4,8,20H,5-7H2,1-3H3,(H2,14,15,16,17,18). The number of aromatic nitrogens is 4. The van der Waals surface area contributed by atoms with Crippen LogP contribution in [0.3, 0.4) is 0 Å². The van der Waals surface area contributed by atoms with Crippen molar-refractivity contribution in [3.8, 4) is 0 Å². The van der Waals surface area contributed by atoms with Gasteiger partial charge in [0.05, 0.1) is 29.9 Å². The molecule has 3 rings (SSSR count). The Morgan fingerprint density at radius 2 is 2.33 bits per heavy atom. The van der Waals surface area contributed by atoms with E-state index in [1.165, 1.54) is 0 Å². The molecule has 3 N–H and O–H groups in total. The molecule has 21 heavy (non-hydrogen) atoms. The number of aliphatic hydroxyl groups excluding tert-OH is 1. The summed E-state index contributed by atoms with van der Waals surface area (Å²) >= 11 is 0. The van der Waals surface area contributed by atoms with Crippen molar-refractivity contribution >= 4 is 22.8 Å². The first kappa shape index (κ1) is 14.0. The van der Waals surface area contributed by atoms with Crippen LogP contribution in [0.5, 0.6) is 0 Å². The number of aromatic amines is 1. The van der Waals surface area contributed by atoms with Crippen molar-refractivity contribution in [3.05, 3.63) is 6.20 Å². The first-order valence-electron chi connectivity index (χ1n) is 6.95. The largest absolute Gasteiger partial charge is 0.394 e. The molecule has 1 aliphatic heterocycles. The van der Waals surface area contributed by atoms with Gasteiger partial charge in [-0.2, -0.15) is 15.1 Å². The molecule has 0 amide bonds. The van der Waals surface area contributed by atoms with E-state index in [4.69, 9.17) is 4.74 Å². The lowest BCUT2D eigenvalue weighted by Gasteiger charge is -2.43. The van der Waals surface area contributed by atoms with Crippen molar-refractivity contribution in [2.24, 2.45) is 0 Å². The van der Waals surface area contributed by atoms with E-state index in [1.807, 2.05) is 13.8 Å². The molecule has 0 spiro atoms. The Labute approximate surface area is 122 Å². The molecule has 1 unspecified atom stereocenters. The van der Waals surface area contributed by atoms with E-state index >= 15 is 0 Å². The summed E-state index contributed by atoms with van der Waals surface area (Å²) in [5.41, 5.74) is 0.334. The number of morpholine rings is 1. The highest BCUT2D eigenvalue weighted by Gasteiger charge is 2.34. The van der Waals surface area contributed by atoms with E-state index in [0.717, 1.165) is 11.2 Å². The fraction of sp³-hybridized carbons (Fsp3) is 0.615. The molecule has 2 aromatic heterocycles. The molecular formula is C13H20N6O2. The first-order valence-corrected chi connectivity index (χ1v) is 6.95. The van der Waals surface area contributed by atoms with Gasteiger partial charge < -0.3 is 20.1 Å². The van der Waals surface area contributed by atoms with Crippen LogP contribution >= 0.6 is 0 Å². The molecule has 2 aromatic rings. The molecule has 1 atom stereocenters. The second kappa shape index (κ2) is 5.12. The molecule has 1 aliphatic rings. The zero-order chi connectivity index (χ0) is 15.0. The average Bonchev–Trinajstić information content (AvgIpc) is 2.92. The maximum absolute atomic E-state index is 9.45. The van der Waals surface area contributed by atoms with E-state index in [2.05, 4.69) is 30.4 Å². The maximum atomic E-state index is 9.45. The molecule has 0 aromatic carbocycles. The number of H-pyrrole nitrogens is 1. The Morgan fingerprint density at radius 1 is 1.52 bits per heavy atom. The summed E-state index contributed by atoms with van der Waals surface area (Å²) in [6.07, 6.45) is 1.49. The lowest BCUT2D eigenvalue weighted by Crippen LogP contribution is -2.54. The average molecular weight is 292 g/mol. The Balaban J connectivity index is 2.04. The number of fused-ring (bicyclic) bond motifs is 1. The predicted molar refractivity (Wildman–Crippen MR) is 79.5 cm³/mol. The Bertz CT molecular complexity index is 641. The molecule has 0 bridgehead atoms. The van der Waals surface area contributed by atoms with Crippen LogP contribution in [-0.2, 0) is 4.74 Å². The zero-order valence-electron chi connectivity index (χ0n) is 12.4. The molecule has 0 radical (unpaired) electrons. The molecule has 8 nitrogen and oxygen atoms in total. The van der Waals surface area contributed by atoms with Gasteiger partial charge in [0.1, 0.15) is 5.82 Å². The normalized spacial score (nSPS) is 21.7. The summed E-state index contributed by atoms with van der Waals surface area (Å²) < 4.78 is 5.85. The number of nitrogens with zero attached hydrogens (tertiary/aromatic N) is 4. The summed E-state index contributed by atoms with van der Waals surface area (Å²) in [7, 11) is 1.78. The van der Waals surface area contributed by atoms with Crippen molar-refractivity contribution in [1.82, 2.24) is 20.2 Å². The zero-order valence-corrected chi connectivity index (χ0v) is 12.4. The van der Waals surface area contributed by atoms with Crippen molar-refractivity contribution < 1.29 is 9.84 Å². The Morgan fingerprint density at radius 3 is 3.05 bits per heavy atom. The van der Waals surface area contributed by atoms with Crippen molar-refractivity contribution in [1.29, 1.82) is 0 Å². The molecule has 3 heterocycles. The van der Waals surface area contributed by atoms with Gasteiger partial charge >= 0.3 is 0 Å². The maximum Gasteiger partial charge on any atom is 0.226 e. The number of aliphatic hydroxyl groups is 1. The third-order valence-corrected chi connectivity index (χ3v) is 3.50. The van der Waals surface area contributed by atoms with E-state index in [9.17, 15) is 5.11 Å². The van der Waals surface area contributed by atoms with Gasteiger partial charge in [0.2, 0.25) is 5.95 Å². The minimum Gasteiger partial charge on any atom is -0.394 e. The molecule has 1 saturated heterocycles. The monoisotopic (exact) mass is 292 g/mol. The summed E-state index contributed by atoms with van der Waals surface area (Å²) in [4.78, 5) is 11.0. The van der Waals surface area contributed by atoms with Gasteiger partial charge in [-0.15, -0.1) is 0 Å². The van der Waals surface area contributed by atoms with E-state index < -0.39 is 0 Å². The van der Waals surface area contributed by atoms with Gasteiger partial charge in [0, 0.05) is 20.1 Å². The van der Waals surface area contributed by atoms with E-state index in [0.29, 0.717) is 24.7 Å². The summed E-state index contributed by atoms with van der Waals surface area (Å²) in [5, 5.41) is 20.2. The topological polar surface area (TPSA) is 99.2 Å². The van der Waals surface area contributed by atoms with Crippen LogP contribution in [0, 0.1) is 0 Å². The third-order valence-electron chi connectivity index (χ3n) is 3.50. The van der Waals surface area contributed by atoms with Crippen LogP contribution in [0.25, 0.3) is 11.0 Å². The van der Waals surface area contributed by atoms with Crippen LogP contribution in [0.15, 0.2) is 6.20 Å². The molecule has 114 valence electrons. The summed E-state index contributed by atoms with van der Waals surface area (Å²) in [6.45, 7) is 5.27. The van der Waals surface area contributed by atoms with E-state index in [1.54, 1.807) is 13.2 Å². The van der Waals surface area contributed by atoms with Crippen molar-refractivity contribution in [2.75, 3.05) is 37.0 Å². The fourth-order valence-corrected chi connectivity index (χ4v) is 2.72. The van der Waals surface area contributed by atoms with Gasteiger partial charge in [-0.3, -0.25) is 5.10 Å². The summed E-state index contributed by atoms with van der Waals surface area (Å²) in [5.74, 6) is 1.33. The quantitative estimate of drug-likeness (QED) is 0.751. The van der Waals surface area contributed by atoms with Crippen LogP contribution in [-0.4, -0.2) is 63.7 Å². The number of hydrogen-bond donors (Lipinski definition) is 3. The third kappa shape index (κ3) is 2.64. The molecule has 1 fully saturated rings. The van der Waals surface area contributed by atoms with Crippen LogP contribution in [0.1, 0.15) is 13.8 Å². The van der Waals surface area contributed by atoms with Gasteiger partial charge in [-0.05, 0) is 13.8 Å².